The molecule has 0 radical (unpaired) electrons. The number of ether oxygens (including phenoxy) is 3. The van der Waals surface area contributed by atoms with Crippen LogP contribution in [-0.4, -0.2) is 26.7 Å². The summed E-state index contributed by atoms with van der Waals surface area (Å²) in [6, 6.07) is 10.6. The Morgan fingerprint density at radius 3 is 2.09 bits per heavy atom. The fraction of sp³-hybridized carbons (Fsp3) is 0.278. The minimum atomic E-state index is -0.231. The first-order valence-electron chi connectivity index (χ1n) is 7.35. The summed E-state index contributed by atoms with van der Waals surface area (Å²) in [4.78, 5) is 12.4. The van der Waals surface area contributed by atoms with Gasteiger partial charge in [-0.2, -0.15) is 0 Å². The van der Waals surface area contributed by atoms with Crippen LogP contribution in [0.2, 0.25) is 0 Å². The number of hydrogen-bond acceptors (Lipinski definition) is 4. The average Bonchev–Trinajstić information content (AvgIpc) is 2.57. The van der Waals surface area contributed by atoms with Crippen molar-refractivity contribution in [2.45, 2.75) is 13.8 Å². The molecular formula is C18H21NO4. The molecule has 5 nitrogen and oxygen atoms in total. The maximum absolute atomic E-state index is 12.4. The molecule has 0 saturated heterocycles. The zero-order chi connectivity index (χ0) is 16.8. The molecule has 2 aromatic rings. The lowest BCUT2D eigenvalue weighted by molar-refractivity contribution is 0.102. The van der Waals surface area contributed by atoms with Crippen molar-refractivity contribution >= 4 is 11.6 Å². The highest BCUT2D eigenvalue weighted by Gasteiger charge is 2.13. The van der Waals surface area contributed by atoms with E-state index in [1.165, 1.54) is 0 Å². The van der Waals surface area contributed by atoms with Crippen LogP contribution in [0.25, 0.3) is 0 Å². The van der Waals surface area contributed by atoms with E-state index in [9.17, 15) is 4.79 Å². The minimum absolute atomic E-state index is 0.231. The molecule has 0 heterocycles. The molecule has 0 spiro atoms. The van der Waals surface area contributed by atoms with E-state index in [2.05, 4.69) is 5.32 Å². The van der Waals surface area contributed by atoms with Crippen LogP contribution in [0.1, 0.15) is 22.8 Å². The summed E-state index contributed by atoms with van der Waals surface area (Å²) in [6.07, 6.45) is 0. The molecule has 2 rings (SSSR count). The third-order valence-electron chi connectivity index (χ3n) is 3.44. The summed E-state index contributed by atoms with van der Waals surface area (Å²) < 4.78 is 16.0. The summed E-state index contributed by atoms with van der Waals surface area (Å²) in [6.45, 7) is 4.41. The zero-order valence-corrected chi connectivity index (χ0v) is 13.8. The molecule has 0 aliphatic rings. The SMILES string of the molecule is CCOc1ccc(NC(=O)c2cc(OC)c(C)c(OC)c2)cc1. The van der Waals surface area contributed by atoms with Crippen LogP contribution in [0.5, 0.6) is 17.2 Å². The molecule has 5 heteroatoms. The van der Waals surface area contributed by atoms with Gasteiger partial charge in [0.2, 0.25) is 0 Å². The molecule has 2 aromatic carbocycles. The molecule has 23 heavy (non-hydrogen) atoms. The summed E-state index contributed by atoms with van der Waals surface area (Å²) in [5.41, 5.74) is 2.02. The normalized spacial score (nSPS) is 10.1. The highest BCUT2D eigenvalue weighted by Crippen LogP contribution is 2.29. The number of hydrogen-bond donors (Lipinski definition) is 1. The van der Waals surface area contributed by atoms with Gasteiger partial charge >= 0.3 is 0 Å². The first kappa shape index (κ1) is 16.7. The van der Waals surface area contributed by atoms with Crippen LogP contribution in [-0.2, 0) is 0 Å². The molecule has 0 unspecified atom stereocenters. The van der Waals surface area contributed by atoms with Gasteiger partial charge < -0.3 is 19.5 Å². The Hall–Kier alpha value is -2.69. The molecule has 0 bridgehead atoms. The second kappa shape index (κ2) is 7.54. The van der Waals surface area contributed by atoms with Crippen molar-refractivity contribution in [3.63, 3.8) is 0 Å². The molecule has 0 aliphatic carbocycles. The molecule has 1 amide bonds. The van der Waals surface area contributed by atoms with Gasteiger partial charge in [0.25, 0.3) is 5.91 Å². The van der Waals surface area contributed by atoms with Crippen molar-refractivity contribution < 1.29 is 19.0 Å². The van der Waals surface area contributed by atoms with Crippen molar-refractivity contribution in [3.05, 3.63) is 47.5 Å². The third-order valence-corrected chi connectivity index (χ3v) is 3.44. The molecule has 122 valence electrons. The number of rotatable bonds is 6. The van der Waals surface area contributed by atoms with E-state index in [1.54, 1.807) is 38.5 Å². The third kappa shape index (κ3) is 3.94. The first-order chi connectivity index (χ1) is 11.1. The maximum atomic E-state index is 12.4. The van der Waals surface area contributed by atoms with Gasteiger partial charge in [-0.05, 0) is 50.2 Å². The summed E-state index contributed by atoms with van der Waals surface area (Å²) in [5, 5.41) is 2.84. The average molecular weight is 315 g/mol. The van der Waals surface area contributed by atoms with E-state index in [-0.39, 0.29) is 5.91 Å². The van der Waals surface area contributed by atoms with Crippen LogP contribution in [0.3, 0.4) is 0 Å². The van der Waals surface area contributed by atoms with Gasteiger partial charge in [-0.3, -0.25) is 4.79 Å². The van der Waals surface area contributed by atoms with E-state index in [0.717, 1.165) is 11.3 Å². The van der Waals surface area contributed by atoms with Gasteiger partial charge in [0.15, 0.2) is 0 Å². The Balaban J connectivity index is 2.20. The van der Waals surface area contributed by atoms with Gasteiger partial charge in [0.05, 0.1) is 20.8 Å². The molecular weight excluding hydrogens is 294 g/mol. The van der Waals surface area contributed by atoms with Crippen LogP contribution in [0, 0.1) is 6.92 Å². The van der Waals surface area contributed by atoms with Gasteiger partial charge in [-0.1, -0.05) is 0 Å². The second-order valence-corrected chi connectivity index (χ2v) is 4.92. The van der Waals surface area contributed by atoms with Crippen molar-refractivity contribution in [2.24, 2.45) is 0 Å². The highest BCUT2D eigenvalue weighted by atomic mass is 16.5. The smallest absolute Gasteiger partial charge is 0.255 e. The van der Waals surface area contributed by atoms with Gasteiger partial charge in [-0.15, -0.1) is 0 Å². The Morgan fingerprint density at radius 1 is 1.04 bits per heavy atom. The second-order valence-electron chi connectivity index (χ2n) is 4.92. The monoisotopic (exact) mass is 315 g/mol. The molecule has 0 atom stereocenters. The predicted octanol–water partition coefficient (Wildman–Crippen LogP) is 3.66. The topological polar surface area (TPSA) is 56.8 Å². The number of benzene rings is 2. The van der Waals surface area contributed by atoms with Crippen molar-refractivity contribution in [3.8, 4) is 17.2 Å². The van der Waals surface area contributed by atoms with Crippen molar-refractivity contribution in [1.29, 1.82) is 0 Å². The van der Waals surface area contributed by atoms with Crippen LogP contribution in [0.4, 0.5) is 5.69 Å². The molecule has 0 aromatic heterocycles. The summed E-state index contributed by atoms with van der Waals surface area (Å²) >= 11 is 0. The fourth-order valence-corrected chi connectivity index (χ4v) is 2.22. The standard InChI is InChI=1S/C18H21NO4/c1-5-23-15-8-6-14(7-9-15)19-18(20)13-10-16(21-3)12(2)17(11-13)22-4/h6-11H,5H2,1-4H3,(H,19,20). The Labute approximate surface area is 136 Å². The maximum Gasteiger partial charge on any atom is 0.255 e. The Kier molecular flexibility index (Phi) is 5.46. The number of amides is 1. The number of carbonyl (C=O) groups excluding carboxylic acids is 1. The Morgan fingerprint density at radius 2 is 1.61 bits per heavy atom. The first-order valence-corrected chi connectivity index (χ1v) is 7.35. The van der Waals surface area contributed by atoms with E-state index in [4.69, 9.17) is 14.2 Å². The van der Waals surface area contributed by atoms with Gasteiger partial charge in [-0.25, -0.2) is 0 Å². The predicted molar refractivity (Wildman–Crippen MR) is 89.8 cm³/mol. The number of nitrogens with one attached hydrogen (secondary N) is 1. The fourth-order valence-electron chi connectivity index (χ4n) is 2.22. The summed E-state index contributed by atoms with van der Waals surface area (Å²) in [7, 11) is 3.13. The highest BCUT2D eigenvalue weighted by molar-refractivity contribution is 6.05. The summed E-state index contributed by atoms with van der Waals surface area (Å²) in [5.74, 6) is 1.76. The molecule has 0 aliphatic heterocycles. The minimum Gasteiger partial charge on any atom is -0.496 e. The van der Waals surface area contributed by atoms with Crippen molar-refractivity contribution in [1.82, 2.24) is 0 Å². The lowest BCUT2D eigenvalue weighted by Crippen LogP contribution is -2.12. The largest absolute Gasteiger partial charge is 0.496 e. The van der Waals surface area contributed by atoms with Crippen LogP contribution in [0.15, 0.2) is 36.4 Å². The lowest BCUT2D eigenvalue weighted by Gasteiger charge is -2.13. The van der Waals surface area contributed by atoms with Gasteiger partial charge in [0, 0.05) is 16.8 Å². The zero-order valence-electron chi connectivity index (χ0n) is 13.8. The van der Waals surface area contributed by atoms with Crippen molar-refractivity contribution in [2.75, 3.05) is 26.1 Å². The Bertz CT molecular complexity index is 655. The van der Waals surface area contributed by atoms with E-state index in [1.807, 2.05) is 26.0 Å². The van der Waals surface area contributed by atoms with E-state index < -0.39 is 0 Å². The quantitative estimate of drug-likeness (QED) is 0.884. The lowest BCUT2D eigenvalue weighted by atomic mass is 10.1. The van der Waals surface area contributed by atoms with E-state index >= 15 is 0 Å². The van der Waals surface area contributed by atoms with Crippen LogP contribution < -0.4 is 19.5 Å². The number of methoxy groups -OCH3 is 2. The number of anilines is 1. The van der Waals surface area contributed by atoms with E-state index in [0.29, 0.717) is 29.4 Å². The molecule has 0 fully saturated rings. The van der Waals surface area contributed by atoms with Crippen LogP contribution >= 0.6 is 0 Å². The molecule has 1 N–H and O–H groups in total. The molecule has 0 saturated carbocycles. The van der Waals surface area contributed by atoms with Gasteiger partial charge in [0.1, 0.15) is 17.2 Å². The number of carbonyl (C=O) groups is 1.